The summed E-state index contributed by atoms with van der Waals surface area (Å²) in [6.45, 7) is 5.52. The molecule has 0 radical (unpaired) electrons. The first kappa shape index (κ1) is 14.0. The number of benzene rings is 1. The van der Waals surface area contributed by atoms with Crippen LogP contribution >= 0.6 is 0 Å². The molecule has 0 saturated heterocycles. The lowest BCUT2D eigenvalue weighted by Gasteiger charge is -2.20. The van der Waals surface area contributed by atoms with Crippen LogP contribution in [-0.2, 0) is 4.79 Å². The standard InChI is InChI=1S/C16H20FN3O/c1-4-13(19-15(21)12-7-16(12,3)17)11-6-10-8-18-20-14(10)5-9(11)2/h5-6,8,12-13H,4,7H2,1-3H3,(H,18,20)(H,19,21)/t12?,13-,16?/m1/s1. The van der Waals surface area contributed by atoms with Gasteiger partial charge in [0.15, 0.2) is 0 Å². The molecule has 4 nitrogen and oxygen atoms in total. The zero-order valence-corrected chi connectivity index (χ0v) is 12.5. The molecule has 0 aliphatic heterocycles. The molecular weight excluding hydrogens is 269 g/mol. The second-order valence-corrected chi connectivity index (χ2v) is 6.17. The van der Waals surface area contributed by atoms with Crippen molar-refractivity contribution in [3.8, 4) is 0 Å². The molecule has 112 valence electrons. The molecule has 3 rings (SSSR count). The molecule has 21 heavy (non-hydrogen) atoms. The second-order valence-electron chi connectivity index (χ2n) is 6.17. The molecule has 0 spiro atoms. The number of aryl methyl sites for hydroxylation is 1. The first-order valence-corrected chi connectivity index (χ1v) is 7.35. The summed E-state index contributed by atoms with van der Waals surface area (Å²) in [6.07, 6.45) is 2.87. The largest absolute Gasteiger partial charge is 0.349 e. The smallest absolute Gasteiger partial charge is 0.226 e. The number of carbonyl (C=O) groups excluding carboxylic acids is 1. The fourth-order valence-corrected chi connectivity index (χ4v) is 2.87. The summed E-state index contributed by atoms with van der Waals surface area (Å²) in [5, 5.41) is 11.0. The third kappa shape index (κ3) is 2.52. The fourth-order valence-electron chi connectivity index (χ4n) is 2.87. The van der Waals surface area contributed by atoms with Gasteiger partial charge in [0, 0.05) is 5.39 Å². The first-order chi connectivity index (χ1) is 9.92. The van der Waals surface area contributed by atoms with E-state index in [1.807, 2.05) is 26.0 Å². The van der Waals surface area contributed by atoms with Crippen LogP contribution in [-0.4, -0.2) is 21.8 Å². The van der Waals surface area contributed by atoms with E-state index in [1.165, 1.54) is 6.92 Å². The molecule has 1 amide bonds. The van der Waals surface area contributed by atoms with Gasteiger partial charge in [-0.15, -0.1) is 0 Å². The summed E-state index contributed by atoms with van der Waals surface area (Å²) < 4.78 is 13.6. The van der Waals surface area contributed by atoms with E-state index in [1.54, 1.807) is 6.20 Å². The number of carbonyl (C=O) groups is 1. The van der Waals surface area contributed by atoms with Crippen molar-refractivity contribution in [1.29, 1.82) is 0 Å². The monoisotopic (exact) mass is 289 g/mol. The predicted octanol–water partition coefficient (Wildman–Crippen LogP) is 3.19. The van der Waals surface area contributed by atoms with Crippen LogP contribution in [0.1, 0.15) is 43.9 Å². The molecular formula is C16H20FN3O. The van der Waals surface area contributed by atoms with Crippen molar-refractivity contribution < 1.29 is 9.18 Å². The Kier molecular flexibility index (Phi) is 3.23. The topological polar surface area (TPSA) is 57.8 Å². The SMILES string of the molecule is CC[C@@H](NC(=O)C1CC1(C)F)c1cc2cn[nH]c2cc1C. The van der Waals surface area contributed by atoms with Crippen molar-refractivity contribution in [2.24, 2.45) is 5.92 Å². The van der Waals surface area contributed by atoms with Gasteiger partial charge in [-0.3, -0.25) is 9.89 Å². The van der Waals surface area contributed by atoms with Gasteiger partial charge >= 0.3 is 0 Å². The van der Waals surface area contributed by atoms with Crippen LogP contribution in [0.25, 0.3) is 10.9 Å². The fraction of sp³-hybridized carbons (Fsp3) is 0.500. The molecule has 3 atom stereocenters. The zero-order valence-electron chi connectivity index (χ0n) is 12.5. The van der Waals surface area contributed by atoms with Crippen molar-refractivity contribution in [2.45, 2.75) is 45.3 Å². The Hall–Kier alpha value is -1.91. The maximum Gasteiger partial charge on any atom is 0.226 e. The van der Waals surface area contributed by atoms with Gasteiger partial charge in [-0.05, 0) is 49.9 Å². The molecule has 1 aromatic carbocycles. The number of hydrogen-bond donors (Lipinski definition) is 2. The molecule has 1 saturated carbocycles. The van der Waals surface area contributed by atoms with Gasteiger partial charge < -0.3 is 5.32 Å². The Morgan fingerprint density at radius 1 is 1.62 bits per heavy atom. The van der Waals surface area contributed by atoms with Gasteiger partial charge in [0.1, 0.15) is 5.67 Å². The Morgan fingerprint density at radius 3 is 2.95 bits per heavy atom. The van der Waals surface area contributed by atoms with Crippen LogP contribution in [0.4, 0.5) is 4.39 Å². The van der Waals surface area contributed by atoms with Gasteiger partial charge in [0.2, 0.25) is 5.91 Å². The lowest BCUT2D eigenvalue weighted by molar-refractivity contribution is -0.124. The Morgan fingerprint density at radius 2 is 2.33 bits per heavy atom. The first-order valence-electron chi connectivity index (χ1n) is 7.35. The minimum absolute atomic E-state index is 0.0896. The van der Waals surface area contributed by atoms with Crippen molar-refractivity contribution in [2.75, 3.05) is 0 Å². The van der Waals surface area contributed by atoms with Crippen LogP contribution in [0.3, 0.4) is 0 Å². The summed E-state index contributed by atoms with van der Waals surface area (Å²) in [7, 11) is 0. The van der Waals surface area contributed by atoms with E-state index in [9.17, 15) is 9.18 Å². The summed E-state index contributed by atoms with van der Waals surface area (Å²) in [5.74, 6) is -0.678. The lowest BCUT2D eigenvalue weighted by Crippen LogP contribution is -2.31. The lowest BCUT2D eigenvalue weighted by atomic mass is 9.97. The molecule has 1 aliphatic rings. The highest BCUT2D eigenvalue weighted by molar-refractivity contribution is 5.84. The third-order valence-corrected chi connectivity index (χ3v) is 4.41. The van der Waals surface area contributed by atoms with Crippen LogP contribution in [0.5, 0.6) is 0 Å². The van der Waals surface area contributed by atoms with Gasteiger partial charge in [-0.1, -0.05) is 6.92 Å². The highest BCUT2D eigenvalue weighted by atomic mass is 19.1. The molecule has 0 bridgehead atoms. The average molecular weight is 289 g/mol. The number of hydrogen-bond acceptors (Lipinski definition) is 2. The van der Waals surface area contributed by atoms with Gasteiger partial charge in [-0.2, -0.15) is 5.10 Å². The van der Waals surface area contributed by atoms with E-state index < -0.39 is 11.6 Å². The van der Waals surface area contributed by atoms with Crippen LogP contribution in [0, 0.1) is 12.8 Å². The van der Waals surface area contributed by atoms with E-state index in [2.05, 4.69) is 15.5 Å². The van der Waals surface area contributed by atoms with Crippen molar-refractivity contribution in [3.63, 3.8) is 0 Å². The predicted molar refractivity (Wildman–Crippen MR) is 79.6 cm³/mol. The van der Waals surface area contributed by atoms with E-state index in [4.69, 9.17) is 0 Å². The number of amides is 1. The van der Waals surface area contributed by atoms with Crippen LogP contribution in [0.2, 0.25) is 0 Å². The van der Waals surface area contributed by atoms with Crippen LogP contribution < -0.4 is 5.32 Å². The molecule has 1 heterocycles. The highest BCUT2D eigenvalue weighted by Crippen LogP contribution is 2.47. The average Bonchev–Trinajstić information content (AvgIpc) is 2.85. The minimum atomic E-state index is -1.33. The summed E-state index contributed by atoms with van der Waals surface area (Å²) in [5.41, 5.74) is 1.82. The number of alkyl halides is 1. The van der Waals surface area contributed by atoms with Gasteiger partial charge in [-0.25, -0.2) is 4.39 Å². The number of fused-ring (bicyclic) bond motifs is 1. The molecule has 1 aliphatic carbocycles. The number of aromatic amines is 1. The summed E-state index contributed by atoms with van der Waals surface area (Å²) >= 11 is 0. The second kappa shape index (κ2) is 4.83. The molecule has 5 heteroatoms. The van der Waals surface area contributed by atoms with E-state index >= 15 is 0 Å². The van der Waals surface area contributed by atoms with E-state index in [0.717, 1.165) is 28.5 Å². The summed E-state index contributed by atoms with van der Waals surface area (Å²) in [6, 6.07) is 3.99. The van der Waals surface area contributed by atoms with Crippen molar-refractivity contribution in [3.05, 3.63) is 29.5 Å². The molecule has 1 aromatic heterocycles. The molecule has 1 fully saturated rings. The Bertz CT molecular complexity index is 692. The minimum Gasteiger partial charge on any atom is -0.349 e. The van der Waals surface area contributed by atoms with Gasteiger partial charge in [0.25, 0.3) is 0 Å². The maximum atomic E-state index is 13.6. The van der Waals surface area contributed by atoms with Crippen molar-refractivity contribution >= 4 is 16.8 Å². The van der Waals surface area contributed by atoms with Gasteiger partial charge in [0.05, 0.1) is 23.7 Å². The van der Waals surface area contributed by atoms with E-state index in [-0.39, 0.29) is 11.9 Å². The highest BCUT2D eigenvalue weighted by Gasteiger charge is 2.55. The number of nitrogens with zero attached hydrogens (tertiary/aromatic N) is 1. The Labute approximate surface area is 123 Å². The van der Waals surface area contributed by atoms with E-state index in [0.29, 0.717) is 6.42 Å². The number of halogens is 1. The Balaban J connectivity index is 1.84. The van der Waals surface area contributed by atoms with Crippen LogP contribution in [0.15, 0.2) is 18.3 Å². The number of aromatic nitrogens is 2. The zero-order chi connectivity index (χ0) is 15.2. The number of nitrogens with one attached hydrogen (secondary N) is 2. The molecule has 2 aromatic rings. The third-order valence-electron chi connectivity index (χ3n) is 4.41. The normalized spacial score (nSPS) is 25.8. The number of rotatable bonds is 4. The quantitative estimate of drug-likeness (QED) is 0.908. The molecule has 2 N–H and O–H groups in total. The molecule has 2 unspecified atom stereocenters. The number of H-pyrrole nitrogens is 1. The van der Waals surface area contributed by atoms with Crippen molar-refractivity contribution in [1.82, 2.24) is 15.5 Å². The summed E-state index contributed by atoms with van der Waals surface area (Å²) in [4.78, 5) is 12.1. The maximum absolute atomic E-state index is 13.6.